The molecule has 0 amide bonds. The fourth-order valence-corrected chi connectivity index (χ4v) is 4.42. The van der Waals surface area contributed by atoms with E-state index in [1.807, 2.05) is 31.2 Å². The molecule has 1 aromatic carbocycles. The second kappa shape index (κ2) is 7.28. The number of hydrogen-bond acceptors (Lipinski definition) is 2. The van der Waals surface area contributed by atoms with E-state index in [4.69, 9.17) is 4.74 Å². The number of carbonyl (C=O) groups is 1. The third-order valence-electron chi connectivity index (χ3n) is 5.79. The summed E-state index contributed by atoms with van der Waals surface area (Å²) in [6, 6.07) is 8.10. The maximum Gasteiger partial charge on any atom is 0.219 e. The second-order valence-electron chi connectivity index (χ2n) is 7.61. The summed E-state index contributed by atoms with van der Waals surface area (Å²) >= 11 is 0. The van der Waals surface area contributed by atoms with Gasteiger partial charge in [-0.05, 0) is 25.8 Å². The molecule has 2 fully saturated rings. The van der Waals surface area contributed by atoms with Crippen molar-refractivity contribution in [2.24, 2.45) is 0 Å². The lowest BCUT2D eigenvalue weighted by Gasteiger charge is -2.30. The number of nitrogens with one attached hydrogen (secondary N) is 3. The molecule has 2 saturated heterocycles. The first-order valence-electron chi connectivity index (χ1n) is 9.60. The van der Waals surface area contributed by atoms with Gasteiger partial charge in [-0.2, -0.15) is 0 Å². The molecule has 1 atom stereocenters. The van der Waals surface area contributed by atoms with Gasteiger partial charge in [0, 0.05) is 23.2 Å². The number of aryl methyl sites for hydroxylation is 1. The number of quaternary nitrogens is 2. The summed E-state index contributed by atoms with van der Waals surface area (Å²) in [7, 11) is 0. The first kappa shape index (κ1) is 16.8. The van der Waals surface area contributed by atoms with E-state index in [-0.39, 0.29) is 5.78 Å². The molecule has 134 valence electrons. The molecule has 3 N–H and O–H groups in total. The molecule has 4 rings (SSSR count). The maximum absolute atomic E-state index is 12.9. The Labute approximate surface area is 148 Å². The summed E-state index contributed by atoms with van der Waals surface area (Å²) in [5.41, 5.74) is 2.94. The Morgan fingerprint density at radius 3 is 2.72 bits per heavy atom. The minimum atomic E-state index is 0.271. The highest BCUT2D eigenvalue weighted by Crippen LogP contribution is 2.21. The Balaban J connectivity index is 1.35. The first-order valence-corrected chi connectivity index (χ1v) is 9.60. The molecule has 3 heterocycles. The Morgan fingerprint density at radius 1 is 1.20 bits per heavy atom. The molecular weight excluding hydrogens is 314 g/mol. The third-order valence-corrected chi connectivity index (χ3v) is 5.79. The van der Waals surface area contributed by atoms with Crippen molar-refractivity contribution in [1.82, 2.24) is 4.98 Å². The van der Waals surface area contributed by atoms with Crippen molar-refractivity contribution in [3.63, 3.8) is 0 Å². The number of ether oxygens (including phenoxy) is 1. The van der Waals surface area contributed by atoms with Crippen molar-refractivity contribution >= 4 is 16.7 Å². The van der Waals surface area contributed by atoms with Crippen LogP contribution in [0.15, 0.2) is 24.3 Å². The molecule has 2 aliphatic rings. The summed E-state index contributed by atoms with van der Waals surface area (Å²) in [5, 5.41) is 1.06. The van der Waals surface area contributed by atoms with Crippen LogP contribution in [-0.4, -0.2) is 62.7 Å². The molecule has 5 heteroatoms. The zero-order valence-electron chi connectivity index (χ0n) is 15.1. The predicted octanol–water partition coefficient (Wildman–Crippen LogP) is -0.379. The van der Waals surface area contributed by atoms with E-state index in [0.717, 1.165) is 61.5 Å². The highest BCUT2D eigenvalue weighted by molar-refractivity contribution is 6.09. The van der Waals surface area contributed by atoms with E-state index in [1.54, 1.807) is 4.90 Å². The number of carbonyl (C=O) groups excluding carboxylic acids is 1. The van der Waals surface area contributed by atoms with Crippen molar-refractivity contribution in [2.45, 2.75) is 25.9 Å². The van der Waals surface area contributed by atoms with Crippen LogP contribution in [0, 0.1) is 6.92 Å². The fourth-order valence-electron chi connectivity index (χ4n) is 4.42. The molecule has 0 radical (unpaired) electrons. The quantitative estimate of drug-likeness (QED) is 0.649. The average Bonchev–Trinajstić information content (AvgIpc) is 3.23. The highest BCUT2D eigenvalue weighted by Gasteiger charge is 2.29. The topological polar surface area (TPSA) is 51.0 Å². The van der Waals surface area contributed by atoms with E-state index >= 15 is 0 Å². The van der Waals surface area contributed by atoms with Gasteiger partial charge in [-0.25, -0.2) is 0 Å². The van der Waals surface area contributed by atoms with Gasteiger partial charge in [-0.3, -0.25) is 4.79 Å². The minimum absolute atomic E-state index is 0.271. The fraction of sp³-hybridized carbons (Fsp3) is 0.550. The number of aromatic amines is 1. The van der Waals surface area contributed by atoms with Crippen LogP contribution in [0.5, 0.6) is 0 Å². The standard InChI is InChI=1S/C20H27N3O2/c1-15-20(17-6-2-3-7-18(17)21-15)19(24)14-23-10-8-22(9-11-23)13-16-5-4-12-25-16/h2-3,6-7,16,21H,4-5,8-14H2,1H3/p+2/t16-/m0/s1. The molecule has 25 heavy (non-hydrogen) atoms. The number of ketones is 1. The van der Waals surface area contributed by atoms with Crippen molar-refractivity contribution in [2.75, 3.05) is 45.9 Å². The number of aromatic nitrogens is 1. The van der Waals surface area contributed by atoms with Crippen LogP contribution in [0.1, 0.15) is 28.9 Å². The molecule has 0 saturated carbocycles. The molecule has 2 aromatic rings. The molecule has 5 nitrogen and oxygen atoms in total. The van der Waals surface area contributed by atoms with Crippen LogP contribution in [-0.2, 0) is 4.74 Å². The van der Waals surface area contributed by atoms with Gasteiger partial charge in [0.15, 0.2) is 0 Å². The number of rotatable bonds is 5. The van der Waals surface area contributed by atoms with Gasteiger partial charge in [0.05, 0.1) is 5.56 Å². The normalized spacial score (nSPS) is 27.0. The molecule has 0 spiro atoms. The van der Waals surface area contributed by atoms with Crippen LogP contribution in [0.4, 0.5) is 0 Å². The van der Waals surface area contributed by atoms with E-state index in [2.05, 4.69) is 4.98 Å². The van der Waals surface area contributed by atoms with Gasteiger partial charge in [0.25, 0.3) is 0 Å². The lowest BCUT2D eigenvalue weighted by Crippen LogP contribution is -3.28. The molecule has 0 aliphatic carbocycles. The SMILES string of the molecule is Cc1[nH]c2ccccc2c1C(=O)C[NH+]1CC[NH+](C[C@@H]2CCCO2)CC1. The second-order valence-corrected chi connectivity index (χ2v) is 7.61. The van der Waals surface area contributed by atoms with Crippen LogP contribution < -0.4 is 9.80 Å². The van der Waals surface area contributed by atoms with Crippen LogP contribution >= 0.6 is 0 Å². The number of para-hydroxylation sites is 1. The van der Waals surface area contributed by atoms with Gasteiger partial charge in [-0.15, -0.1) is 0 Å². The zero-order valence-corrected chi connectivity index (χ0v) is 15.1. The molecule has 2 aliphatic heterocycles. The van der Waals surface area contributed by atoms with Gasteiger partial charge in [0.2, 0.25) is 5.78 Å². The molecular formula is C20H29N3O2+2. The van der Waals surface area contributed by atoms with Crippen molar-refractivity contribution in [3.8, 4) is 0 Å². The predicted molar refractivity (Wildman–Crippen MR) is 97.5 cm³/mol. The highest BCUT2D eigenvalue weighted by atomic mass is 16.5. The van der Waals surface area contributed by atoms with Crippen LogP contribution in [0.3, 0.4) is 0 Å². The maximum atomic E-state index is 12.9. The largest absolute Gasteiger partial charge is 0.372 e. The number of Topliss-reactive ketones (excluding diaryl/α,β-unsaturated/α-hetero) is 1. The summed E-state index contributed by atoms with van der Waals surface area (Å²) in [4.78, 5) is 19.3. The Hall–Kier alpha value is -1.69. The molecule has 1 aromatic heterocycles. The lowest BCUT2D eigenvalue weighted by atomic mass is 10.1. The van der Waals surface area contributed by atoms with Crippen molar-refractivity contribution in [3.05, 3.63) is 35.5 Å². The summed E-state index contributed by atoms with van der Waals surface area (Å²) in [6.45, 7) is 9.15. The van der Waals surface area contributed by atoms with E-state index in [9.17, 15) is 4.79 Å². The Morgan fingerprint density at radius 2 is 1.96 bits per heavy atom. The number of fused-ring (bicyclic) bond motifs is 1. The molecule has 0 unspecified atom stereocenters. The molecule has 0 bridgehead atoms. The zero-order chi connectivity index (χ0) is 17.2. The number of H-pyrrole nitrogens is 1. The Bertz CT molecular complexity index is 740. The lowest BCUT2D eigenvalue weighted by molar-refractivity contribution is -1.01. The van der Waals surface area contributed by atoms with Gasteiger partial charge in [-0.1, -0.05) is 18.2 Å². The van der Waals surface area contributed by atoms with Crippen LogP contribution in [0.2, 0.25) is 0 Å². The number of benzene rings is 1. The Kier molecular flexibility index (Phi) is 4.88. The number of hydrogen-bond donors (Lipinski definition) is 3. The van der Waals surface area contributed by atoms with Crippen LogP contribution in [0.25, 0.3) is 10.9 Å². The monoisotopic (exact) mass is 343 g/mol. The van der Waals surface area contributed by atoms with E-state index in [0.29, 0.717) is 12.6 Å². The van der Waals surface area contributed by atoms with Gasteiger partial charge < -0.3 is 19.5 Å². The van der Waals surface area contributed by atoms with Crippen molar-refractivity contribution in [1.29, 1.82) is 0 Å². The summed E-state index contributed by atoms with van der Waals surface area (Å²) in [5.74, 6) is 0.271. The third kappa shape index (κ3) is 3.64. The summed E-state index contributed by atoms with van der Waals surface area (Å²) < 4.78 is 5.76. The first-order chi connectivity index (χ1) is 12.2. The average molecular weight is 343 g/mol. The van der Waals surface area contributed by atoms with E-state index in [1.165, 1.54) is 17.7 Å². The van der Waals surface area contributed by atoms with Crippen molar-refractivity contribution < 1.29 is 19.3 Å². The smallest absolute Gasteiger partial charge is 0.219 e. The van der Waals surface area contributed by atoms with E-state index < -0.39 is 0 Å². The van der Waals surface area contributed by atoms with Gasteiger partial charge in [0.1, 0.15) is 45.4 Å². The number of piperazine rings is 1. The summed E-state index contributed by atoms with van der Waals surface area (Å²) in [6.07, 6.45) is 2.90. The minimum Gasteiger partial charge on any atom is -0.372 e. The van der Waals surface area contributed by atoms with Gasteiger partial charge >= 0.3 is 0 Å².